The molecule has 0 saturated carbocycles. The molecule has 0 aromatic heterocycles. The zero-order chi connectivity index (χ0) is 28.0. The number of hydrogen-bond donors (Lipinski definition) is 3. The summed E-state index contributed by atoms with van der Waals surface area (Å²) < 4.78 is 38.7. The Labute approximate surface area is 225 Å². The Morgan fingerprint density at radius 3 is 2.49 bits per heavy atom. The predicted molar refractivity (Wildman–Crippen MR) is 138 cm³/mol. The minimum absolute atomic E-state index is 0.130. The molecule has 0 spiro atoms. The molecule has 2 aromatic carbocycles. The van der Waals surface area contributed by atoms with Crippen LogP contribution in [0.2, 0.25) is 0 Å². The van der Waals surface area contributed by atoms with Crippen LogP contribution in [0, 0.1) is 0 Å². The molecule has 4 rings (SSSR count). The van der Waals surface area contributed by atoms with Crippen molar-refractivity contribution in [2.75, 3.05) is 26.2 Å². The summed E-state index contributed by atoms with van der Waals surface area (Å²) in [5, 5.41) is 15.1. The topological polar surface area (TPSA) is 102 Å². The second-order valence-corrected chi connectivity index (χ2v) is 10.2. The van der Waals surface area contributed by atoms with Crippen molar-refractivity contribution >= 4 is 17.9 Å². The van der Waals surface area contributed by atoms with Crippen molar-refractivity contribution in [1.29, 1.82) is 0 Å². The van der Waals surface area contributed by atoms with Gasteiger partial charge in [-0.05, 0) is 55.9 Å². The van der Waals surface area contributed by atoms with Crippen LogP contribution in [0.1, 0.15) is 47.2 Å². The van der Waals surface area contributed by atoms with Crippen LogP contribution < -0.4 is 10.6 Å². The second kappa shape index (κ2) is 12.5. The zero-order valence-corrected chi connectivity index (χ0v) is 21.5. The zero-order valence-electron chi connectivity index (χ0n) is 21.5. The summed E-state index contributed by atoms with van der Waals surface area (Å²) in [7, 11) is 0. The molecule has 11 heteroatoms. The van der Waals surface area contributed by atoms with Gasteiger partial charge in [0.15, 0.2) is 0 Å². The van der Waals surface area contributed by atoms with Crippen LogP contribution in [-0.4, -0.2) is 77.1 Å². The second-order valence-electron chi connectivity index (χ2n) is 10.2. The fraction of sp³-hybridized carbons (Fsp3) is 0.464. The van der Waals surface area contributed by atoms with Crippen molar-refractivity contribution in [3.8, 4) is 0 Å². The Kier molecular flexibility index (Phi) is 9.11. The number of halogens is 3. The van der Waals surface area contributed by atoms with Crippen molar-refractivity contribution in [3.05, 3.63) is 71.3 Å². The highest BCUT2D eigenvalue weighted by atomic mass is 19.4. The third kappa shape index (κ3) is 7.72. The molecule has 2 aromatic rings. The van der Waals surface area contributed by atoms with Crippen LogP contribution in [0.15, 0.2) is 54.6 Å². The number of benzene rings is 2. The number of carboxylic acid groups (broad SMARTS) is 1. The highest BCUT2D eigenvalue weighted by Gasteiger charge is 2.35. The summed E-state index contributed by atoms with van der Waals surface area (Å²) in [4.78, 5) is 40.6. The molecule has 2 fully saturated rings. The molecule has 0 aliphatic carbocycles. The number of likely N-dealkylation sites (tertiary alicyclic amines) is 2. The lowest BCUT2D eigenvalue weighted by molar-refractivity contribution is -0.137. The largest absolute Gasteiger partial charge is 0.465 e. The maximum Gasteiger partial charge on any atom is 0.416 e. The van der Waals surface area contributed by atoms with E-state index in [0.29, 0.717) is 25.9 Å². The first-order valence-corrected chi connectivity index (χ1v) is 13.1. The number of nitrogens with zero attached hydrogens (tertiary/aromatic N) is 2. The van der Waals surface area contributed by atoms with Gasteiger partial charge in [0.1, 0.15) is 0 Å². The number of alkyl halides is 3. The lowest BCUT2D eigenvalue weighted by atomic mass is 9.97. The van der Waals surface area contributed by atoms with Crippen molar-refractivity contribution < 1.29 is 32.7 Å². The van der Waals surface area contributed by atoms with Crippen LogP contribution in [-0.2, 0) is 17.4 Å². The molecule has 8 nitrogen and oxygen atoms in total. The van der Waals surface area contributed by atoms with E-state index in [-0.39, 0.29) is 30.2 Å². The quantitative estimate of drug-likeness (QED) is 0.491. The van der Waals surface area contributed by atoms with Crippen molar-refractivity contribution in [2.45, 2.75) is 56.4 Å². The molecule has 3 amide bonds. The number of carbonyl (C=O) groups is 3. The molecule has 2 heterocycles. The number of hydrogen-bond acceptors (Lipinski definition) is 4. The first kappa shape index (κ1) is 28.4. The molecule has 2 saturated heterocycles. The van der Waals surface area contributed by atoms with E-state index in [1.54, 1.807) is 4.90 Å². The Balaban J connectivity index is 1.28. The third-order valence-electron chi connectivity index (χ3n) is 7.44. The van der Waals surface area contributed by atoms with Gasteiger partial charge in [-0.1, -0.05) is 36.4 Å². The predicted octanol–water partition coefficient (Wildman–Crippen LogP) is 3.77. The lowest BCUT2D eigenvalue weighted by Crippen LogP contribution is -2.45. The van der Waals surface area contributed by atoms with Crippen molar-refractivity contribution in [3.63, 3.8) is 0 Å². The average Bonchev–Trinajstić information content (AvgIpc) is 3.26. The van der Waals surface area contributed by atoms with Gasteiger partial charge in [-0.25, -0.2) is 4.79 Å². The van der Waals surface area contributed by atoms with E-state index in [1.165, 1.54) is 6.07 Å². The van der Waals surface area contributed by atoms with Crippen molar-refractivity contribution in [2.24, 2.45) is 0 Å². The normalized spacial score (nSPS) is 22.2. The summed E-state index contributed by atoms with van der Waals surface area (Å²) in [6, 6.07) is 13.8. The summed E-state index contributed by atoms with van der Waals surface area (Å²) in [6.07, 6.45) is -1.78. The molecule has 39 heavy (non-hydrogen) atoms. The van der Waals surface area contributed by atoms with Crippen LogP contribution in [0.3, 0.4) is 0 Å². The Morgan fingerprint density at radius 2 is 1.77 bits per heavy atom. The average molecular weight is 547 g/mol. The Hall–Kier alpha value is -3.60. The summed E-state index contributed by atoms with van der Waals surface area (Å²) >= 11 is 0. The molecular weight excluding hydrogens is 513 g/mol. The van der Waals surface area contributed by atoms with Gasteiger partial charge in [-0.15, -0.1) is 0 Å². The monoisotopic (exact) mass is 546 g/mol. The third-order valence-corrected chi connectivity index (χ3v) is 7.44. The fourth-order valence-corrected chi connectivity index (χ4v) is 5.52. The van der Waals surface area contributed by atoms with E-state index < -0.39 is 29.6 Å². The molecule has 0 bridgehead atoms. The Morgan fingerprint density at radius 1 is 1.00 bits per heavy atom. The van der Waals surface area contributed by atoms with Gasteiger partial charge in [-0.2, -0.15) is 13.2 Å². The van der Waals surface area contributed by atoms with Crippen LogP contribution >= 0.6 is 0 Å². The molecule has 210 valence electrons. The minimum atomic E-state index is -4.56. The van der Waals surface area contributed by atoms with E-state index in [1.807, 2.05) is 30.3 Å². The highest BCUT2D eigenvalue weighted by Crippen LogP contribution is 2.30. The minimum Gasteiger partial charge on any atom is -0.465 e. The van der Waals surface area contributed by atoms with Crippen LogP contribution in [0.4, 0.5) is 18.0 Å². The fourth-order valence-electron chi connectivity index (χ4n) is 5.52. The van der Waals surface area contributed by atoms with Crippen LogP contribution in [0.5, 0.6) is 0 Å². The molecule has 2 aliphatic rings. The van der Waals surface area contributed by atoms with Gasteiger partial charge < -0.3 is 20.6 Å². The summed E-state index contributed by atoms with van der Waals surface area (Å²) in [6.45, 7) is 1.52. The van der Waals surface area contributed by atoms with E-state index >= 15 is 0 Å². The van der Waals surface area contributed by atoms with Gasteiger partial charge in [0.05, 0.1) is 12.1 Å². The highest BCUT2D eigenvalue weighted by molar-refractivity contribution is 5.96. The van der Waals surface area contributed by atoms with E-state index in [0.717, 1.165) is 49.6 Å². The van der Waals surface area contributed by atoms with E-state index in [2.05, 4.69) is 15.5 Å². The Bertz CT molecular complexity index is 1160. The molecule has 2 aliphatic heterocycles. The van der Waals surface area contributed by atoms with Crippen LogP contribution in [0.25, 0.3) is 0 Å². The number of carbonyl (C=O) groups excluding carboxylic acids is 2. The van der Waals surface area contributed by atoms with Gasteiger partial charge in [0.2, 0.25) is 5.91 Å². The van der Waals surface area contributed by atoms with Gasteiger partial charge >= 0.3 is 12.3 Å². The summed E-state index contributed by atoms with van der Waals surface area (Å²) in [5.74, 6) is -1.17. The van der Waals surface area contributed by atoms with E-state index in [4.69, 9.17) is 0 Å². The molecular formula is C28H33F3N4O4. The van der Waals surface area contributed by atoms with Gasteiger partial charge in [0.25, 0.3) is 5.91 Å². The smallest absolute Gasteiger partial charge is 0.416 e. The number of nitrogens with one attached hydrogen (secondary N) is 2. The summed E-state index contributed by atoms with van der Waals surface area (Å²) in [5.41, 5.74) is -0.00622. The molecule has 3 atom stereocenters. The maximum absolute atomic E-state index is 12.9. The molecule has 3 N–H and O–H groups in total. The molecule has 1 unspecified atom stereocenters. The van der Waals surface area contributed by atoms with Gasteiger partial charge in [0, 0.05) is 43.3 Å². The van der Waals surface area contributed by atoms with Gasteiger partial charge in [-0.3, -0.25) is 14.5 Å². The first-order chi connectivity index (χ1) is 18.6. The SMILES string of the molecule is O=C(CNC(=O)c1cccc(C(F)(F)F)c1)N[C@@H]1CCN([C@@H]2CCCN(C(=O)O)C(Cc3ccccc3)C2)C1. The standard InChI is InChI=1S/C28H33F3N4O4/c29-28(30,31)21-9-4-8-20(15-21)26(37)32-17-25(36)33-22-11-13-34(18-22)23-10-5-12-35(27(38)39)24(16-23)14-19-6-2-1-3-7-19/h1-4,6-9,15,22-24H,5,10-14,16-18H2,(H,32,37)(H,33,36)(H,38,39)/t22-,23-,24?/m1/s1. The number of rotatable bonds is 7. The number of amides is 3. The van der Waals surface area contributed by atoms with Crippen molar-refractivity contribution in [1.82, 2.24) is 20.4 Å². The molecule has 0 radical (unpaired) electrons. The lowest BCUT2D eigenvalue weighted by Gasteiger charge is -2.32. The maximum atomic E-state index is 12.9. The van der Waals surface area contributed by atoms with E-state index in [9.17, 15) is 32.7 Å². The first-order valence-electron chi connectivity index (χ1n) is 13.1.